The average molecular weight is 250 g/mol. The number of hydrogen-bond donors (Lipinski definition) is 0. The van der Waals surface area contributed by atoms with Crippen molar-refractivity contribution in [3.63, 3.8) is 0 Å². The Balaban J connectivity index is 1.67. The summed E-state index contributed by atoms with van der Waals surface area (Å²) in [6.07, 6.45) is 2.27. The molecule has 0 N–H and O–H groups in total. The van der Waals surface area contributed by atoms with Crippen LogP contribution in [0.15, 0.2) is 30.3 Å². The first-order chi connectivity index (χ1) is 8.68. The van der Waals surface area contributed by atoms with Gasteiger partial charge in [-0.05, 0) is 32.3 Å². The van der Waals surface area contributed by atoms with E-state index in [0.717, 1.165) is 12.8 Å². The second kappa shape index (κ2) is 6.32. The van der Waals surface area contributed by atoms with Crippen LogP contribution in [-0.4, -0.2) is 31.7 Å². The molecule has 1 aliphatic rings. The molecule has 1 unspecified atom stereocenters. The minimum absolute atomic E-state index is 0.217. The molecule has 1 aliphatic heterocycles. The van der Waals surface area contributed by atoms with Crippen LogP contribution in [0.1, 0.15) is 25.8 Å². The molecule has 3 nitrogen and oxygen atoms in total. The molecule has 2 rings (SSSR count). The van der Waals surface area contributed by atoms with E-state index in [0.29, 0.717) is 19.8 Å². The van der Waals surface area contributed by atoms with Crippen LogP contribution >= 0.6 is 0 Å². The molecule has 1 aromatic carbocycles. The molecule has 0 radical (unpaired) electrons. The Morgan fingerprint density at radius 2 is 1.89 bits per heavy atom. The summed E-state index contributed by atoms with van der Waals surface area (Å²) in [5.74, 6) is -0.541. The Hall–Kier alpha value is -0.900. The Morgan fingerprint density at radius 3 is 2.56 bits per heavy atom. The van der Waals surface area contributed by atoms with Crippen molar-refractivity contribution in [1.82, 2.24) is 0 Å². The van der Waals surface area contributed by atoms with E-state index in [1.54, 1.807) is 0 Å². The van der Waals surface area contributed by atoms with Crippen molar-refractivity contribution in [1.29, 1.82) is 0 Å². The summed E-state index contributed by atoms with van der Waals surface area (Å²) in [7, 11) is 0. The van der Waals surface area contributed by atoms with Gasteiger partial charge in [-0.3, -0.25) is 0 Å². The monoisotopic (exact) mass is 250 g/mol. The van der Waals surface area contributed by atoms with Gasteiger partial charge in [-0.1, -0.05) is 30.3 Å². The topological polar surface area (TPSA) is 27.7 Å². The summed E-state index contributed by atoms with van der Waals surface area (Å²) in [6.45, 7) is 5.87. The van der Waals surface area contributed by atoms with Crippen LogP contribution in [-0.2, 0) is 20.6 Å². The maximum absolute atomic E-state index is 5.80. The number of aryl methyl sites for hydroxylation is 1. The molecule has 1 fully saturated rings. The van der Waals surface area contributed by atoms with E-state index >= 15 is 0 Å². The van der Waals surface area contributed by atoms with Crippen molar-refractivity contribution in [3.05, 3.63) is 35.9 Å². The summed E-state index contributed by atoms with van der Waals surface area (Å²) >= 11 is 0. The first-order valence-corrected chi connectivity index (χ1v) is 6.61. The van der Waals surface area contributed by atoms with E-state index in [-0.39, 0.29) is 6.10 Å². The van der Waals surface area contributed by atoms with Crippen LogP contribution in [0.25, 0.3) is 0 Å². The minimum Gasteiger partial charge on any atom is -0.373 e. The Bertz CT molecular complexity index is 344. The van der Waals surface area contributed by atoms with E-state index in [1.165, 1.54) is 5.56 Å². The number of rotatable bonds is 6. The smallest absolute Gasteiger partial charge is 0.189 e. The molecular weight excluding hydrogens is 228 g/mol. The summed E-state index contributed by atoms with van der Waals surface area (Å²) in [5.41, 5.74) is 1.35. The van der Waals surface area contributed by atoms with Gasteiger partial charge in [0.1, 0.15) is 6.61 Å². The molecule has 0 bridgehead atoms. The summed E-state index contributed by atoms with van der Waals surface area (Å²) < 4.78 is 16.8. The van der Waals surface area contributed by atoms with Gasteiger partial charge in [-0.2, -0.15) is 0 Å². The standard InChI is InChI=1S/C15H22O3/c1-13(8-9-14-6-4-3-5-7-14)16-12-15(2)17-10-11-18-15/h3-7,13H,8-12H2,1-2H3. The van der Waals surface area contributed by atoms with Crippen LogP contribution in [0.4, 0.5) is 0 Å². The fraction of sp³-hybridized carbons (Fsp3) is 0.600. The van der Waals surface area contributed by atoms with E-state index in [9.17, 15) is 0 Å². The lowest BCUT2D eigenvalue weighted by Gasteiger charge is -2.24. The van der Waals surface area contributed by atoms with Gasteiger partial charge < -0.3 is 14.2 Å². The Labute approximate surface area is 109 Å². The van der Waals surface area contributed by atoms with Crippen LogP contribution in [0.2, 0.25) is 0 Å². The molecule has 0 saturated carbocycles. The lowest BCUT2D eigenvalue weighted by molar-refractivity contribution is -0.189. The van der Waals surface area contributed by atoms with Crippen molar-refractivity contribution < 1.29 is 14.2 Å². The van der Waals surface area contributed by atoms with Gasteiger partial charge in [-0.25, -0.2) is 0 Å². The van der Waals surface area contributed by atoms with E-state index < -0.39 is 5.79 Å². The predicted molar refractivity (Wildman–Crippen MR) is 70.5 cm³/mol. The zero-order valence-electron chi connectivity index (χ0n) is 11.2. The first-order valence-electron chi connectivity index (χ1n) is 6.61. The van der Waals surface area contributed by atoms with Crippen molar-refractivity contribution in [3.8, 4) is 0 Å². The minimum atomic E-state index is -0.541. The van der Waals surface area contributed by atoms with Gasteiger partial charge in [0.05, 0.1) is 19.3 Å². The molecule has 18 heavy (non-hydrogen) atoms. The van der Waals surface area contributed by atoms with Crippen LogP contribution in [0, 0.1) is 0 Å². The van der Waals surface area contributed by atoms with Crippen LogP contribution in [0.3, 0.4) is 0 Å². The largest absolute Gasteiger partial charge is 0.373 e. The Kier molecular flexibility index (Phi) is 4.75. The van der Waals surface area contributed by atoms with Crippen LogP contribution in [0.5, 0.6) is 0 Å². The molecule has 0 spiro atoms. The highest BCUT2D eigenvalue weighted by atomic mass is 16.7. The first kappa shape index (κ1) is 13.5. The van der Waals surface area contributed by atoms with Gasteiger partial charge in [0.15, 0.2) is 5.79 Å². The highest BCUT2D eigenvalue weighted by molar-refractivity contribution is 5.14. The number of hydrogen-bond acceptors (Lipinski definition) is 3. The Morgan fingerprint density at radius 1 is 1.22 bits per heavy atom. The molecule has 0 amide bonds. The second-order valence-electron chi connectivity index (χ2n) is 4.98. The summed E-state index contributed by atoms with van der Waals surface area (Å²) in [6, 6.07) is 10.5. The molecule has 0 aromatic heterocycles. The predicted octanol–water partition coefficient (Wildman–Crippen LogP) is 2.79. The molecule has 1 atom stereocenters. The maximum Gasteiger partial charge on any atom is 0.189 e. The zero-order chi connectivity index (χ0) is 12.8. The van der Waals surface area contributed by atoms with E-state index in [2.05, 4.69) is 31.2 Å². The maximum atomic E-state index is 5.80. The second-order valence-corrected chi connectivity index (χ2v) is 4.98. The summed E-state index contributed by atoms with van der Waals surface area (Å²) in [5, 5.41) is 0. The zero-order valence-corrected chi connectivity index (χ0v) is 11.2. The van der Waals surface area contributed by atoms with E-state index in [1.807, 2.05) is 13.0 Å². The number of ether oxygens (including phenoxy) is 3. The third-order valence-corrected chi connectivity index (χ3v) is 3.21. The molecular formula is C15H22O3. The third kappa shape index (κ3) is 4.09. The molecule has 1 saturated heterocycles. The normalized spacial score (nSPS) is 19.9. The van der Waals surface area contributed by atoms with Gasteiger partial charge in [-0.15, -0.1) is 0 Å². The quantitative estimate of drug-likeness (QED) is 0.777. The fourth-order valence-corrected chi connectivity index (χ4v) is 2.03. The summed E-state index contributed by atoms with van der Waals surface area (Å²) in [4.78, 5) is 0. The van der Waals surface area contributed by atoms with Gasteiger partial charge in [0.2, 0.25) is 0 Å². The lowest BCUT2D eigenvalue weighted by Crippen LogP contribution is -2.33. The fourth-order valence-electron chi connectivity index (χ4n) is 2.03. The third-order valence-electron chi connectivity index (χ3n) is 3.21. The highest BCUT2D eigenvalue weighted by Crippen LogP contribution is 2.20. The van der Waals surface area contributed by atoms with Crippen LogP contribution < -0.4 is 0 Å². The van der Waals surface area contributed by atoms with Crippen molar-refractivity contribution >= 4 is 0 Å². The number of benzene rings is 1. The molecule has 1 aromatic rings. The highest BCUT2D eigenvalue weighted by Gasteiger charge is 2.31. The van der Waals surface area contributed by atoms with E-state index in [4.69, 9.17) is 14.2 Å². The lowest BCUT2D eigenvalue weighted by atomic mass is 10.1. The van der Waals surface area contributed by atoms with Crippen molar-refractivity contribution in [2.75, 3.05) is 19.8 Å². The SMILES string of the molecule is CC(CCc1ccccc1)OCC1(C)OCCO1. The van der Waals surface area contributed by atoms with Gasteiger partial charge in [0.25, 0.3) is 0 Å². The van der Waals surface area contributed by atoms with Crippen molar-refractivity contribution in [2.45, 2.75) is 38.6 Å². The van der Waals surface area contributed by atoms with Gasteiger partial charge >= 0.3 is 0 Å². The van der Waals surface area contributed by atoms with Gasteiger partial charge in [0, 0.05) is 0 Å². The molecule has 1 heterocycles. The molecule has 3 heteroatoms. The molecule has 100 valence electrons. The average Bonchev–Trinajstić information content (AvgIpc) is 2.83. The molecule has 0 aliphatic carbocycles. The van der Waals surface area contributed by atoms with Crippen molar-refractivity contribution in [2.24, 2.45) is 0 Å².